The van der Waals surface area contributed by atoms with Gasteiger partial charge >= 0.3 is 24.1 Å². The fourth-order valence-electron chi connectivity index (χ4n) is 24.9. The van der Waals surface area contributed by atoms with Crippen molar-refractivity contribution in [3.63, 3.8) is 0 Å². The number of H-pyrrole nitrogens is 2. The van der Waals surface area contributed by atoms with E-state index in [0.29, 0.717) is 22.8 Å². The number of hydrogen-bond donors (Lipinski definition) is 6. The number of carbonyl (C=O) groups excluding carboxylic acids is 8. The summed E-state index contributed by atoms with van der Waals surface area (Å²) in [7, 11) is 0. The van der Waals surface area contributed by atoms with Gasteiger partial charge in [-0.05, 0) is 173 Å². The van der Waals surface area contributed by atoms with Crippen molar-refractivity contribution in [2.45, 2.75) is 384 Å². The Kier molecular flexibility index (Phi) is 22.9. The summed E-state index contributed by atoms with van der Waals surface area (Å²) in [6.07, 6.45) is 46.0. The van der Waals surface area contributed by atoms with Gasteiger partial charge in [-0.3, -0.25) is 38.8 Å². The van der Waals surface area contributed by atoms with Crippen molar-refractivity contribution in [1.29, 1.82) is 0 Å². The molecule has 0 aromatic carbocycles. The maximum absolute atomic E-state index is 16.3. The van der Waals surface area contributed by atoms with Crippen molar-refractivity contribution >= 4 is 94.1 Å². The summed E-state index contributed by atoms with van der Waals surface area (Å²) in [5, 5.41) is 13.6. The highest BCUT2D eigenvalue weighted by atomic mass is 16.2. The fourth-order valence-corrected chi connectivity index (χ4v) is 24.9. The average molecular weight is 1580 g/mol. The highest BCUT2D eigenvalue weighted by Crippen LogP contribution is 2.71. The molecule has 8 bridgehead atoms. The molecule has 0 saturated heterocycles. The van der Waals surface area contributed by atoms with Gasteiger partial charge in [-0.15, -0.1) is 0 Å². The van der Waals surface area contributed by atoms with Crippen LogP contribution in [0.1, 0.15) is 381 Å². The Morgan fingerprint density at radius 2 is 0.466 bits per heavy atom. The zero-order chi connectivity index (χ0) is 80.7. The summed E-state index contributed by atoms with van der Waals surface area (Å²) < 4.78 is 0. The monoisotopic (exact) mass is 1580 g/mol. The molecule has 12 saturated carbocycles. The number of nitrogens with zero attached hydrogens (tertiary/aromatic N) is 6. The van der Waals surface area contributed by atoms with Crippen molar-refractivity contribution in [3.05, 3.63) is 69.3 Å². The van der Waals surface area contributed by atoms with Crippen LogP contribution in [0.5, 0.6) is 0 Å². The summed E-state index contributed by atoms with van der Waals surface area (Å²) in [6, 6.07) is 6.36. The van der Waals surface area contributed by atoms with Gasteiger partial charge < -0.3 is 31.2 Å². The van der Waals surface area contributed by atoms with Crippen molar-refractivity contribution in [2.75, 3.05) is 0 Å². The molecule has 6 N–H and O–H groups in total. The standard InChI is InChI=1S/C96H134N12O8/c1-93(2)77(81(93)85(109)105(61-41-25-13-26-42-61)89(113)97-57-33-17-9-18-34-57)73-65-49-51-67(101-65)74(78-82(94(78,3)4)86(110)106(62-43-27-14-28-44-62)90(114)98-58-35-19-10-20-36-58)69-53-55-71(103-69)76(80-84(96(80,7)8)88(112)108(64-47-31-16-32-48-64)92(116)100-60-39-23-12-24-40-60)72-56-54-70(104-72)75(68-52-50-66(73)102-68)79-83(95(79,5)6)87(111)107(63-45-29-15-30-46-63)91(115)99-59-37-21-11-22-38-59/h49-64,77-84,101-102H,9-48H2,1-8H3,(H,97,113)(H,98,114)(H,99,115)(H,100,116). The predicted molar refractivity (Wildman–Crippen MR) is 455 cm³/mol. The lowest BCUT2D eigenvalue weighted by atomic mass is 9.93. The van der Waals surface area contributed by atoms with Crippen LogP contribution >= 0.6 is 0 Å². The Balaban J connectivity index is 0.864. The maximum Gasteiger partial charge on any atom is 0.324 e. The normalized spacial score (nSPS) is 28.2. The second kappa shape index (κ2) is 32.8. The molecule has 3 aromatic heterocycles. The number of urea groups is 4. The lowest BCUT2D eigenvalue weighted by Gasteiger charge is -2.35. The zero-order valence-corrected chi connectivity index (χ0v) is 71.1. The third kappa shape index (κ3) is 15.5. The first kappa shape index (κ1) is 80.8. The minimum absolute atomic E-state index is 0.000792. The smallest absolute Gasteiger partial charge is 0.324 e. The molecule has 116 heavy (non-hydrogen) atoms. The van der Waals surface area contributed by atoms with Crippen molar-refractivity contribution < 1.29 is 38.4 Å². The Labute approximate surface area is 688 Å². The van der Waals surface area contributed by atoms with Crippen molar-refractivity contribution in [2.24, 2.45) is 45.3 Å². The highest BCUT2D eigenvalue weighted by molar-refractivity contribution is 6.03. The van der Waals surface area contributed by atoms with E-state index in [-0.39, 0.29) is 96.1 Å². The van der Waals surface area contributed by atoms with E-state index in [9.17, 15) is 0 Å². The number of hydrogen-bond acceptors (Lipinski definition) is 10. The number of imide groups is 4. The number of nitrogens with one attached hydrogen (secondary N) is 6. The van der Waals surface area contributed by atoms with Gasteiger partial charge in [0.2, 0.25) is 23.6 Å². The molecule has 5 heterocycles. The van der Waals surface area contributed by atoms with Gasteiger partial charge in [0, 0.05) is 116 Å². The molecule has 2 aliphatic heterocycles. The molecule has 12 fully saturated rings. The number of aromatic nitrogens is 4. The van der Waals surface area contributed by atoms with Crippen LogP contribution in [0, 0.1) is 45.3 Å². The van der Waals surface area contributed by atoms with Crippen LogP contribution in [0.2, 0.25) is 0 Å². The number of rotatable bonds is 16. The summed E-state index contributed by atoms with van der Waals surface area (Å²) in [5.41, 5.74) is 6.15. The van der Waals surface area contributed by atoms with Gasteiger partial charge in [0.1, 0.15) is 0 Å². The summed E-state index contributed by atoms with van der Waals surface area (Å²) >= 11 is 0. The van der Waals surface area contributed by atoms with Gasteiger partial charge in [0.25, 0.3) is 0 Å². The van der Waals surface area contributed by atoms with Crippen LogP contribution in [0.4, 0.5) is 19.2 Å². The molecule has 20 heteroatoms. The van der Waals surface area contributed by atoms with E-state index in [4.69, 9.17) is 9.97 Å². The van der Waals surface area contributed by atoms with E-state index >= 15 is 38.4 Å². The Hall–Kier alpha value is -7.64. The van der Waals surface area contributed by atoms with Crippen LogP contribution in [0.25, 0.3) is 46.4 Å². The first-order chi connectivity index (χ1) is 55.9. The summed E-state index contributed by atoms with van der Waals surface area (Å²) in [4.78, 5) is 152. The van der Waals surface area contributed by atoms with E-state index in [1.54, 1.807) is 19.6 Å². The quantitative estimate of drug-likeness (QED) is 0.0545. The molecule has 14 aliphatic rings. The Bertz CT molecular complexity index is 4300. The first-order valence-corrected chi connectivity index (χ1v) is 46.6. The lowest BCUT2D eigenvalue weighted by molar-refractivity contribution is -0.133. The van der Waals surface area contributed by atoms with Crippen LogP contribution in [0.3, 0.4) is 0 Å². The minimum Gasteiger partial charge on any atom is -0.355 e. The van der Waals surface area contributed by atoms with Gasteiger partial charge in [-0.1, -0.05) is 209 Å². The maximum atomic E-state index is 16.3. The number of amides is 12. The van der Waals surface area contributed by atoms with E-state index in [1.807, 2.05) is 0 Å². The second-order valence-corrected chi connectivity index (χ2v) is 40.9. The zero-order valence-electron chi connectivity index (χ0n) is 71.1. The molecule has 626 valence electrons. The molecule has 8 unspecified atom stereocenters. The summed E-state index contributed by atoms with van der Waals surface area (Å²) in [5.74, 6) is -4.91. The molecule has 0 radical (unpaired) electrons. The Morgan fingerprint density at radius 3 is 0.698 bits per heavy atom. The number of fused-ring (bicyclic) bond motifs is 8. The lowest BCUT2D eigenvalue weighted by Crippen LogP contribution is -2.53. The van der Waals surface area contributed by atoms with Crippen LogP contribution in [0.15, 0.2) is 24.3 Å². The van der Waals surface area contributed by atoms with Gasteiger partial charge in [0.15, 0.2) is 0 Å². The summed E-state index contributed by atoms with van der Waals surface area (Å²) in [6.45, 7) is 17.3. The third-order valence-corrected chi connectivity index (χ3v) is 31.8. The van der Waals surface area contributed by atoms with Crippen molar-refractivity contribution in [3.8, 4) is 0 Å². The van der Waals surface area contributed by atoms with Crippen LogP contribution in [-0.2, 0) is 19.2 Å². The highest BCUT2D eigenvalue weighted by Gasteiger charge is 2.69. The minimum atomic E-state index is -0.687. The topological polar surface area (TPSA) is 255 Å². The Morgan fingerprint density at radius 1 is 0.276 bits per heavy atom. The van der Waals surface area contributed by atoms with Gasteiger partial charge in [-0.2, -0.15) is 0 Å². The number of aromatic amines is 2. The molecule has 12 amide bonds. The van der Waals surface area contributed by atoms with E-state index in [0.717, 1.165) is 301 Å². The largest absolute Gasteiger partial charge is 0.355 e. The molecular formula is C96H134N12O8. The fraction of sp³-hybridized carbons (Fsp3) is 0.708. The first-order valence-electron chi connectivity index (χ1n) is 46.6. The van der Waals surface area contributed by atoms with Gasteiger partial charge in [0.05, 0.1) is 46.4 Å². The van der Waals surface area contributed by atoms with E-state index in [1.165, 1.54) is 0 Å². The second-order valence-electron chi connectivity index (χ2n) is 40.9. The molecule has 12 aliphatic carbocycles. The molecule has 0 spiro atoms. The molecule has 3 aromatic rings. The SMILES string of the molecule is CC1(C)C(C(=O)N(C(=O)NC2CCCCC2)C2CCCCC2)C1c1c2nc(c(C3C(C(=O)N(C(=O)NC4CCCCC4)C4CCCCC4)C3(C)C)c3ccc([nH]3)c(C3C(C(=O)N(C(=O)NC4CCCCC4)C4CCCCC4)C3(C)C)c3ccc([nH]3)c(C3C(C(=O)N(C(=O)NC4CCCCC4)C4CCCCC4)C3(C)C)c3nc1C=C3)C=C2. The third-order valence-electron chi connectivity index (χ3n) is 31.8. The van der Waals surface area contributed by atoms with E-state index in [2.05, 4.69) is 135 Å². The number of carbonyl (C=O) groups is 8. The molecule has 17 rings (SSSR count). The molecule has 20 nitrogen and oxygen atoms in total. The molecular weight excluding hydrogens is 1450 g/mol. The predicted octanol–water partition coefficient (Wildman–Crippen LogP) is 20.4. The van der Waals surface area contributed by atoms with Gasteiger partial charge in [-0.25, -0.2) is 29.1 Å². The average Bonchev–Trinajstić information content (AvgIpc) is 1.53. The van der Waals surface area contributed by atoms with E-state index < -0.39 is 69.0 Å². The van der Waals surface area contributed by atoms with Crippen LogP contribution < -0.4 is 21.3 Å². The molecule has 8 atom stereocenters. The van der Waals surface area contributed by atoms with Crippen LogP contribution in [-0.4, -0.2) is 136 Å². The van der Waals surface area contributed by atoms with Crippen molar-refractivity contribution in [1.82, 2.24) is 60.8 Å².